The van der Waals surface area contributed by atoms with E-state index < -0.39 is 12.0 Å². The molecular weight excluding hydrogens is 292 g/mol. The minimum Gasteiger partial charge on any atom is -0.481 e. The molecule has 124 valence electrons. The van der Waals surface area contributed by atoms with Gasteiger partial charge in [-0.25, -0.2) is 0 Å². The Bertz CT molecular complexity index is 557. The van der Waals surface area contributed by atoms with Crippen LogP contribution in [-0.2, 0) is 16.1 Å². The smallest absolute Gasteiger partial charge is 0.305 e. The highest BCUT2D eigenvalue weighted by Crippen LogP contribution is 2.28. The number of hydrogen-bond donors (Lipinski definition) is 1. The standard InChI is InChI=1S/C18H24N2O3/c21-17(22)11-16-18(23)20(13-15-7-4-8-15)10-9-19(16)12-14-5-2-1-3-6-14/h1-3,5-6,15-16H,4,7-13H2,(H,21,22). The van der Waals surface area contributed by atoms with Gasteiger partial charge in [0.05, 0.1) is 6.42 Å². The number of piperazine rings is 1. The largest absolute Gasteiger partial charge is 0.481 e. The van der Waals surface area contributed by atoms with E-state index in [1.54, 1.807) is 0 Å². The van der Waals surface area contributed by atoms with Crippen LogP contribution in [0.3, 0.4) is 0 Å². The molecule has 1 saturated carbocycles. The fourth-order valence-electron chi connectivity index (χ4n) is 3.44. The van der Waals surface area contributed by atoms with Gasteiger partial charge in [-0.3, -0.25) is 14.5 Å². The van der Waals surface area contributed by atoms with E-state index in [1.807, 2.05) is 40.1 Å². The lowest BCUT2D eigenvalue weighted by atomic mass is 9.85. The lowest BCUT2D eigenvalue weighted by molar-refractivity contribution is -0.150. The summed E-state index contributed by atoms with van der Waals surface area (Å²) in [6.45, 7) is 2.87. The van der Waals surface area contributed by atoms with E-state index in [1.165, 1.54) is 19.3 Å². The molecule has 1 amide bonds. The highest BCUT2D eigenvalue weighted by molar-refractivity contribution is 5.86. The number of rotatable bonds is 6. The SMILES string of the molecule is O=C(O)CC1C(=O)N(CC2CCC2)CCN1Cc1ccccc1. The summed E-state index contributed by atoms with van der Waals surface area (Å²) >= 11 is 0. The van der Waals surface area contributed by atoms with Crippen LogP contribution < -0.4 is 0 Å². The van der Waals surface area contributed by atoms with Gasteiger partial charge >= 0.3 is 5.97 Å². The van der Waals surface area contributed by atoms with Crippen LogP contribution in [-0.4, -0.2) is 52.5 Å². The number of carboxylic acid groups (broad SMARTS) is 1. The Kier molecular flexibility index (Phi) is 4.96. The van der Waals surface area contributed by atoms with Crippen molar-refractivity contribution in [3.8, 4) is 0 Å². The van der Waals surface area contributed by atoms with E-state index in [-0.39, 0.29) is 12.3 Å². The van der Waals surface area contributed by atoms with Crippen LogP contribution in [0.4, 0.5) is 0 Å². The van der Waals surface area contributed by atoms with Crippen LogP contribution in [0.5, 0.6) is 0 Å². The summed E-state index contributed by atoms with van der Waals surface area (Å²) < 4.78 is 0. The van der Waals surface area contributed by atoms with Gasteiger partial charge in [0.25, 0.3) is 0 Å². The average molecular weight is 316 g/mol. The molecule has 0 bridgehead atoms. The Labute approximate surface area is 136 Å². The average Bonchev–Trinajstić information content (AvgIpc) is 2.49. The maximum absolute atomic E-state index is 12.8. The van der Waals surface area contributed by atoms with Gasteiger partial charge in [0, 0.05) is 26.2 Å². The molecule has 1 unspecified atom stereocenters. The van der Waals surface area contributed by atoms with Crippen molar-refractivity contribution in [3.05, 3.63) is 35.9 Å². The number of hydrogen-bond acceptors (Lipinski definition) is 3. The second-order valence-corrected chi connectivity index (χ2v) is 6.65. The summed E-state index contributed by atoms with van der Waals surface area (Å²) in [5.74, 6) is -0.307. The topological polar surface area (TPSA) is 60.9 Å². The third-order valence-corrected chi connectivity index (χ3v) is 4.99. The van der Waals surface area contributed by atoms with Gasteiger partial charge in [0.2, 0.25) is 5.91 Å². The van der Waals surface area contributed by atoms with E-state index in [0.717, 1.165) is 18.7 Å². The quantitative estimate of drug-likeness (QED) is 0.872. The van der Waals surface area contributed by atoms with Gasteiger partial charge in [-0.15, -0.1) is 0 Å². The molecule has 0 radical (unpaired) electrons. The third-order valence-electron chi connectivity index (χ3n) is 4.99. The summed E-state index contributed by atoms with van der Waals surface area (Å²) in [6, 6.07) is 9.39. The first kappa shape index (κ1) is 16.0. The molecule has 3 rings (SSSR count). The number of nitrogens with zero attached hydrogens (tertiary/aromatic N) is 2. The van der Waals surface area contributed by atoms with Crippen molar-refractivity contribution in [2.75, 3.05) is 19.6 Å². The van der Waals surface area contributed by atoms with Crippen molar-refractivity contribution < 1.29 is 14.7 Å². The third kappa shape index (κ3) is 3.91. The first-order valence-electron chi connectivity index (χ1n) is 8.42. The zero-order chi connectivity index (χ0) is 16.2. The van der Waals surface area contributed by atoms with Crippen molar-refractivity contribution in [1.29, 1.82) is 0 Å². The van der Waals surface area contributed by atoms with Crippen LogP contribution in [0.1, 0.15) is 31.2 Å². The Balaban J connectivity index is 1.69. The molecule has 1 aromatic carbocycles. The van der Waals surface area contributed by atoms with Crippen molar-refractivity contribution in [2.24, 2.45) is 5.92 Å². The fraction of sp³-hybridized carbons (Fsp3) is 0.556. The number of aliphatic carboxylic acids is 1. The highest BCUT2D eigenvalue weighted by atomic mass is 16.4. The van der Waals surface area contributed by atoms with Crippen molar-refractivity contribution in [2.45, 2.75) is 38.3 Å². The molecule has 1 aliphatic carbocycles. The molecule has 1 aromatic rings. The van der Waals surface area contributed by atoms with Gasteiger partial charge in [-0.05, 0) is 24.3 Å². The first-order valence-corrected chi connectivity index (χ1v) is 8.42. The number of benzene rings is 1. The highest BCUT2D eigenvalue weighted by Gasteiger charge is 2.37. The molecule has 2 fully saturated rings. The van der Waals surface area contributed by atoms with E-state index in [4.69, 9.17) is 0 Å². The van der Waals surface area contributed by atoms with Gasteiger partial charge in [-0.2, -0.15) is 0 Å². The van der Waals surface area contributed by atoms with Gasteiger partial charge in [-0.1, -0.05) is 36.8 Å². The van der Waals surface area contributed by atoms with E-state index >= 15 is 0 Å². The molecule has 5 heteroatoms. The summed E-state index contributed by atoms with van der Waals surface area (Å²) in [4.78, 5) is 27.9. The lowest BCUT2D eigenvalue weighted by Gasteiger charge is -2.42. The Morgan fingerprint density at radius 2 is 1.91 bits per heavy atom. The van der Waals surface area contributed by atoms with Crippen molar-refractivity contribution in [3.63, 3.8) is 0 Å². The van der Waals surface area contributed by atoms with Gasteiger partial charge in [0.15, 0.2) is 0 Å². The van der Waals surface area contributed by atoms with Crippen LogP contribution >= 0.6 is 0 Å². The Hall–Kier alpha value is -1.88. The maximum atomic E-state index is 12.8. The summed E-state index contributed by atoms with van der Waals surface area (Å²) in [5, 5.41) is 9.20. The van der Waals surface area contributed by atoms with E-state index in [2.05, 4.69) is 0 Å². The minimum absolute atomic E-state index is 0.0125. The first-order chi connectivity index (χ1) is 11.1. The zero-order valence-corrected chi connectivity index (χ0v) is 13.4. The summed E-state index contributed by atoms with van der Waals surface area (Å²) in [7, 11) is 0. The molecule has 1 atom stereocenters. The number of carbonyl (C=O) groups excluding carboxylic acids is 1. The molecule has 1 saturated heterocycles. The molecule has 2 aliphatic rings. The van der Waals surface area contributed by atoms with E-state index in [9.17, 15) is 14.7 Å². The maximum Gasteiger partial charge on any atom is 0.305 e. The predicted octanol–water partition coefficient (Wildman–Crippen LogP) is 1.97. The molecule has 1 aliphatic heterocycles. The molecule has 5 nitrogen and oxygen atoms in total. The second-order valence-electron chi connectivity index (χ2n) is 6.65. The Morgan fingerprint density at radius 1 is 1.17 bits per heavy atom. The van der Waals surface area contributed by atoms with Crippen LogP contribution in [0.15, 0.2) is 30.3 Å². The van der Waals surface area contributed by atoms with Crippen molar-refractivity contribution >= 4 is 11.9 Å². The van der Waals surface area contributed by atoms with Gasteiger partial charge < -0.3 is 10.0 Å². The molecule has 1 N–H and O–H groups in total. The van der Waals surface area contributed by atoms with Crippen LogP contribution in [0.25, 0.3) is 0 Å². The number of amides is 1. The van der Waals surface area contributed by atoms with Crippen LogP contribution in [0.2, 0.25) is 0 Å². The molecule has 23 heavy (non-hydrogen) atoms. The monoisotopic (exact) mass is 316 g/mol. The van der Waals surface area contributed by atoms with Crippen molar-refractivity contribution in [1.82, 2.24) is 9.80 Å². The fourth-order valence-corrected chi connectivity index (χ4v) is 3.44. The number of carboxylic acids is 1. The Morgan fingerprint density at radius 3 is 2.52 bits per heavy atom. The molecular formula is C18H24N2O3. The zero-order valence-electron chi connectivity index (χ0n) is 13.4. The van der Waals surface area contributed by atoms with Gasteiger partial charge in [0.1, 0.15) is 6.04 Å². The second kappa shape index (κ2) is 7.13. The normalized spacial score (nSPS) is 22.9. The van der Waals surface area contributed by atoms with Crippen LogP contribution in [0, 0.1) is 5.92 Å². The molecule has 0 spiro atoms. The molecule has 0 aromatic heterocycles. The molecule has 1 heterocycles. The minimum atomic E-state index is -0.910. The lowest BCUT2D eigenvalue weighted by Crippen LogP contribution is -2.58. The summed E-state index contributed by atoms with van der Waals surface area (Å²) in [6.07, 6.45) is 3.53. The predicted molar refractivity (Wildman–Crippen MR) is 86.8 cm³/mol. The number of carbonyl (C=O) groups is 2. The summed E-state index contributed by atoms with van der Waals surface area (Å²) in [5.41, 5.74) is 1.11. The van der Waals surface area contributed by atoms with E-state index in [0.29, 0.717) is 19.0 Å².